The molecule has 0 spiro atoms. The highest BCUT2D eigenvalue weighted by Crippen LogP contribution is 2.23. The summed E-state index contributed by atoms with van der Waals surface area (Å²) >= 11 is 0. The van der Waals surface area contributed by atoms with Crippen LogP contribution in [0.2, 0.25) is 0 Å². The summed E-state index contributed by atoms with van der Waals surface area (Å²) in [6.07, 6.45) is 0. The molecule has 1 aromatic rings. The predicted molar refractivity (Wildman–Crippen MR) is 56.1 cm³/mol. The fourth-order valence-electron chi connectivity index (χ4n) is 1.20. The number of halogens is 1. The van der Waals surface area contributed by atoms with Gasteiger partial charge in [-0.2, -0.15) is 0 Å². The molecule has 0 saturated heterocycles. The summed E-state index contributed by atoms with van der Waals surface area (Å²) in [5, 5.41) is 9.34. The van der Waals surface area contributed by atoms with E-state index in [9.17, 15) is 13.5 Å². The van der Waals surface area contributed by atoms with E-state index in [4.69, 9.17) is 10.7 Å². The number of benzene rings is 1. The molecule has 0 unspecified atom stereocenters. The summed E-state index contributed by atoms with van der Waals surface area (Å²) in [4.78, 5) is 0. The number of hydrogen-bond donors (Lipinski definition) is 1. The molecule has 5 heteroatoms. The van der Waals surface area contributed by atoms with Gasteiger partial charge in [0.05, 0.1) is 5.75 Å². The normalized spacial score (nSPS) is 11.6. The minimum absolute atomic E-state index is 0.165. The molecule has 0 aliphatic rings. The van der Waals surface area contributed by atoms with E-state index < -0.39 is 9.05 Å². The Kier molecular flexibility index (Phi) is 3.07. The zero-order valence-electron chi connectivity index (χ0n) is 7.91. The first kappa shape index (κ1) is 11.3. The van der Waals surface area contributed by atoms with Crippen LogP contribution in [0, 0.1) is 13.8 Å². The van der Waals surface area contributed by atoms with E-state index in [2.05, 4.69) is 0 Å². The molecule has 0 radical (unpaired) electrons. The van der Waals surface area contributed by atoms with Crippen molar-refractivity contribution in [1.82, 2.24) is 0 Å². The zero-order valence-corrected chi connectivity index (χ0v) is 9.48. The molecule has 0 bridgehead atoms. The third-order valence-corrected chi connectivity index (χ3v) is 2.97. The van der Waals surface area contributed by atoms with Gasteiger partial charge in [-0.05, 0) is 36.6 Å². The van der Waals surface area contributed by atoms with Crippen molar-refractivity contribution in [2.45, 2.75) is 19.6 Å². The summed E-state index contributed by atoms with van der Waals surface area (Å²) in [5.74, 6) is -0.0418. The molecule has 0 aromatic heterocycles. The summed E-state index contributed by atoms with van der Waals surface area (Å²) in [7, 11) is 1.60. The standard InChI is InChI=1S/C9H11ClO3S/c1-6-4-9(11)7(2)3-8(6)5-14(10,12)13/h3-4,11H,5H2,1-2H3. The second-order valence-corrected chi connectivity index (χ2v) is 6.03. The summed E-state index contributed by atoms with van der Waals surface area (Å²) in [5.41, 5.74) is 1.98. The third-order valence-electron chi connectivity index (χ3n) is 1.98. The summed E-state index contributed by atoms with van der Waals surface area (Å²) in [6.45, 7) is 3.44. The van der Waals surface area contributed by atoms with Crippen LogP contribution in [-0.2, 0) is 14.8 Å². The number of aromatic hydroxyl groups is 1. The number of phenols is 1. The Hall–Kier alpha value is -0.740. The third kappa shape index (κ3) is 2.89. The van der Waals surface area contributed by atoms with Gasteiger partial charge in [0, 0.05) is 10.7 Å². The zero-order chi connectivity index (χ0) is 10.9. The Morgan fingerprint density at radius 3 is 2.36 bits per heavy atom. The number of phenolic OH excluding ortho intramolecular Hbond substituents is 1. The van der Waals surface area contributed by atoms with Crippen molar-refractivity contribution in [2.75, 3.05) is 0 Å². The molecule has 1 N–H and O–H groups in total. The molecule has 0 heterocycles. The molecule has 0 aliphatic carbocycles. The number of rotatable bonds is 2. The topological polar surface area (TPSA) is 54.4 Å². The van der Waals surface area contributed by atoms with Crippen LogP contribution < -0.4 is 0 Å². The van der Waals surface area contributed by atoms with Gasteiger partial charge in [0.2, 0.25) is 9.05 Å². The lowest BCUT2D eigenvalue weighted by atomic mass is 10.1. The minimum atomic E-state index is -3.54. The Bertz CT molecular complexity index is 451. The molecule has 78 valence electrons. The molecule has 0 saturated carbocycles. The Morgan fingerprint density at radius 2 is 1.86 bits per heavy atom. The molecule has 0 atom stereocenters. The van der Waals surface area contributed by atoms with Crippen LogP contribution in [0.5, 0.6) is 5.75 Å². The SMILES string of the molecule is Cc1cc(CS(=O)(=O)Cl)c(C)cc1O. The van der Waals surface area contributed by atoms with Crippen LogP contribution in [0.4, 0.5) is 0 Å². The molecule has 14 heavy (non-hydrogen) atoms. The molecular formula is C9H11ClO3S. The molecule has 0 aliphatic heterocycles. The van der Waals surface area contributed by atoms with Gasteiger partial charge in [0.1, 0.15) is 5.75 Å². The van der Waals surface area contributed by atoms with Crippen LogP contribution in [0.1, 0.15) is 16.7 Å². The summed E-state index contributed by atoms with van der Waals surface area (Å²) < 4.78 is 21.7. The van der Waals surface area contributed by atoms with Gasteiger partial charge < -0.3 is 5.11 Å². The fourth-order valence-corrected chi connectivity index (χ4v) is 2.24. The first-order valence-corrected chi connectivity index (χ1v) is 6.49. The molecule has 1 rings (SSSR count). The van der Waals surface area contributed by atoms with Gasteiger partial charge in [-0.15, -0.1) is 0 Å². The Balaban J connectivity index is 3.17. The van der Waals surface area contributed by atoms with Gasteiger partial charge >= 0.3 is 0 Å². The average Bonchev–Trinajstić information content (AvgIpc) is 1.97. The smallest absolute Gasteiger partial charge is 0.236 e. The van der Waals surface area contributed by atoms with Crippen LogP contribution in [0.25, 0.3) is 0 Å². The van der Waals surface area contributed by atoms with E-state index in [0.717, 1.165) is 5.56 Å². The van der Waals surface area contributed by atoms with Crippen molar-refractivity contribution in [2.24, 2.45) is 0 Å². The van der Waals surface area contributed by atoms with E-state index in [0.29, 0.717) is 11.1 Å². The first-order valence-electron chi connectivity index (χ1n) is 4.01. The van der Waals surface area contributed by atoms with Gasteiger partial charge in [-0.1, -0.05) is 6.07 Å². The Labute approximate surface area is 87.8 Å². The van der Waals surface area contributed by atoms with Crippen molar-refractivity contribution < 1.29 is 13.5 Å². The van der Waals surface area contributed by atoms with Crippen LogP contribution >= 0.6 is 10.7 Å². The fraction of sp³-hybridized carbons (Fsp3) is 0.333. The number of hydrogen-bond acceptors (Lipinski definition) is 3. The van der Waals surface area contributed by atoms with Gasteiger partial charge in [0.25, 0.3) is 0 Å². The van der Waals surface area contributed by atoms with E-state index >= 15 is 0 Å². The van der Waals surface area contributed by atoms with Gasteiger partial charge in [0.15, 0.2) is 0 Å². The average molecular weight is 235 g/mol. The second-order valence-electron chi connectivity index (χ2n) is 3.25. The predicted octanol–water partition coefficient (Wildman–Crippen LogP) is 2.08. The highest BCUT2D eigenvalue weighted by Gasteiger charge is 2.11. The van der Waals surface area contributed by atoms with E-state index in [1.807, 2.05) is 0 Å². The quantitative estimate of drug-likeness (QED) is 0.798. The van der Waals surface area contributed by atoms with Crippen molar-refractivity contribution in [1.29, 1.82) is 0 Å². The van der Waals surface area contributed by atoms with Crippen molar-refractivity contribution >= 4 is 19.7 Å². The van der Waals surface area contributed by atoms with Gasteiger partial charge in [-0.25, -0.2) is 8.42 Å². The minimum Gasteiger partial charge on any atom is -0.508 e. The summed E-state index contributed by atoms with van der Waals surface area (Å²) in [6, 6.07) is 3.16. The molecular weight excluding hydrogens is 224 g/mol. The lowest BCUT2D eigenvalue weighted by Crippen LogP contribution is -1.98. The largest absolute Gasteiger partial charge is 0.508 e. The second kappa shape index (κ2) is 3.79. The molecule has 1 aromatic carbocycles. The van der Waals surface area contributed by atoms with Crippen molar-refractivity contribution in [3.63, 3.8) is 0 Å². The first-order chi connectivity index (χ1) is 6.29. The molecule has 3 nitrogen and oxygen atoms in total. The van der Waals surface area contributed by atoms with Crippen LogP contribution in [0.15, 0.2) is 12.1 Å². The molecule has 0 fully saturated rings. The monoisotopic (exact) mass is 234 g/mol. The van der Waals surface area contributed by atoms with Crippen molar-refractivity contribution in [3.05, 3.63) is 28.8 Å². The van der Waals surface area contributed by atoms with E-state index in [1.54, 1.807) is 19.9 Å². The molecule has 0 amide bonds. The van der Waals surface area contributed by atoms with Crippen LogP contribution in [0.3, 0.4) is 0 Å². The van der Waals surface area contributed by atoms with Gasteiger partial charge in [-0.3, -0.25) is 0 Å². The van der Waals surface area contributed by atoms with Crippen molar-refractivity contribution in [3.8, 4) is 5.75 Å². The maximum absolute atomic E-state index is 10.9. The lowest BCUT2D eigenvalue weighted by Gasteiger charge is -2.06. The Morgan fingerprint density at radius 1 is 1.29 bits per heavy atom. The number of aryl methyl sites for hydroxylation is 2. The maximum Gasteiger partial charge on any atom is 0.236 e. The lowest BCUT2D eigenvalue weighted by molar-refractivity contribution is 0.470. The maximum atomic E-state index is 10.9. The highest BCUT2D eigenvalue weighted by molar-refractivity contribution is 8.13. The highest BCUT2D eigenvalue weighted by atomic mass is 35.7. The van der Waals surface area contributed by atoms with Crippen LogP contribution in [-0.4, -0.2) is 13.5 Å². The van der Waals surface area contributed by atoms with E-state index in [-0.39, 0.29) is 11.5 Å². The van der Waals surface area contributed by atoms with E-state index in [1.165, 1.54) is 6.07 Å².